The SMILES string of the molecule is [2H]NC(=O)[C@H]1CC(=O)CC1C(=O)NC. The van der Waals surface area contributed by atoms with Gasteiger partial charge in [0.25, 0.3) is 0 Å². The Kier molecular flexibility index (Phi) is 2.25. The second kappa shape index (κ2) is 3.55. The minimum Gasteiger partial charge on any atom is -0.369 e. The van der Waals surface area contributed by atoms with Crippen molar-refractivity contribution in [3.8, 4) is 0 Å². The Morgan fingerprint density at radius 2 is 2.15 bits per heavy atom. The van der Waals surface area contributed by atoms with Crippen LogP contribution in [0.25, 0.3) is 0 Å². The van der Waals surface area contributed by atoms with Crippen LogP contribution in [0.15, 0.2) is 0 Å². The highest BCUT2D eigenvalue weighted by molar-refractivity contribution is 5.97. The summed E-state index contributed by atoms with van der Waals surface area (Å²) in [5.41, 5.74) is 1.72. The van der Waals surface area contributed by atoms with E-state index in [2.05, 4.69) is 5.32 Å². The van der Waals surface area contributed by atoms with E-state index in [0.717, 1.165) is 0 Å². The van der Waals surface area contributed by atoms with Crippen LogP contribution in [0.5, 0.6) is 0 Å². The van der Waals surface area contributed by atoms with E-state index in [4.69, 9.17) is 1.41 Å². The maximum absolute atomic E-state index is 11.3. The summed E-state index contributed by atoms with van der Waals surface area (Å²) in [6.45, 7) is 0. The molecule has 0 aliphatic heterocycles. The molecule has 13 heavy (non-hydrogen) atoms. The summed E-state index contributed by atoms with van der Waals surface area (Å²) in [7, 11) is 1.46. The minimum absolute atomic E-state index is 0.0583. The Balaban J connectivity index is 2.77. The highest BCUT2D eigenvalue weighted by Gasteiger charge is 2.40. The molecule has 5 nitrogen and oxygen atoms in total. The number of Topliss-reactive ketones (excluding diaryl/α,β-unsaturated/α-hetero) is 1. The smallest absolute Gasteiger partial charge is 0.224 e. The maximum atomic E-state index is 11.3. The maximum Gasteiger partial charge on any atom is 0.224 e. The Bertz CT molecular complexity index is 254. The van der Waals surface area contributed by atoms with E-state index >= 15 is 0 Å². The Morgan fingerprint density at radius 3 is 2.69 bits per heavy atom. The van der Waals surface area contributed by atoms with E-state index in [1.54, 1.807) is 5.73 Å². The summed E-state index contributed by atoms with van der Waals surface area (Å²) in [5, 5.41) is 2.40. The molecule has 0 aromatic heterocycles. The van der Waals surface area contributed by atoms with Gasteiger partial charge in [-0.3, -0.25) is 14.4 Å². The van der Waals surface area contributed by atoms with Crippen molar-refractivity contribution in [2.24, 2.45) is 17.6 Å². The largest absolute Gasteiger partial charge is 0.369 e. The molecular formula is C8H12N2O3. The Hall–Kier alpha value is -1.39. The molecule has 0 bridgehead atoms. The summed E-state index contributed by atoms with van der Waals surface area (Å²) >= 11 is 0. The monoisotopic (exact) mass is 185 g/mol. The Morgan fingerprint density at radius 1 is 1.54 bits per heavy atom. The van der Waals surface area contributed by atoms with E-state index < -0.39 is 17.7 Å². The standard InChI is InChI=1S/C8H12N2O3/c1-10-8(13)6-3-4(11)2-5(6)7(9)12/h5-6H,2-3H2,1H3,(H2,9,12)(H,10,13)/t5-,6?/m0/s1/i/hD. The van der Waals surface area contributed by atoms with Gasteiger partial charge in [-0.2, -0.15) is 0 Å². The van der Waals surface area contributed by atoms with Crippen LogP contribution in [0.4, 0.5) is 0 Å². The summed E-state index contributed by atoms with van der Waals surface area (Å²) in [4.78, 5) is 33.5. The zero-order chi connectivity index (χ0) is 10.7. The van der Waals surface area contributed by atoms with Gasteiger partial charge in [0.2, 0.25) is 11.8 Å². The second-order valence-electron chi connectivity index (χ2n) is 3.14. The predicted molar refractivity (Wildman–Crippen MR) is 44.5 cm³/mol. The Labute approximate surface area is 77.1 Å². The van der Waals surface area contributed by atoms with Crippen LogP contribution in [-0.2, 0) is 14.4 Å². The molecule has 2 amide bonds. The first kappa shape index (κ1) is 8.22. The molecule has 1 unspecified atom stereocenters. The van der Waals surface area contributed by atoms with Crippen molar-refractivity contribution in [2.45, 2.75) is 12.8 Å². The van der Waals surface area contributed by atoms with Gasteiger partial charge in [-0.25, -0.2) is 0 Å². The molecule has 0 saturated heterocycles. The highest BCUT2D eigenvalue weighted by Crippen LogP contribution is 2.28. The number of hydrogen-bond acceptors (Lipinski definition) is 3. The number of carbonyl (C=O) groups excluding carboxylic acids is 3. The van der Waals surface area contributed by atoms with Gasteiger partial charge in [0, 0.05) is 19.9 Å². The molecule has 0 aromatic carbocycles. The lowest BCUT2D eigenvalue weighted by atomic mass is 9.95. The van der Waals surface area contributed by atoms with E-state index in [9.17, 15) is 14.4 Å². The summed E-state index contributed by atoms with van der Waals surface area (Å²) in [6, 6.07) is 0. The molecule has 2 atom stereocenters. The topological polar surface area (TPSA) is 89.3 Å². The van der Waals surface area contributed by atoms with Gasteiger partial charge in [-0.15, -0.1) is 0 Å². The number of hydrogen-bond donors (Lipinski definition) is 2. The zero-order valence-corrected chi connectivity index (χ0v) is 7.29. The van der Waals surface area contributed by atoms with Gasteiger partial charge in [0.15, 0.2) is 1.41 Å². The summed E-state index contributed by atoms with van der Waals surface area (Å²) < 4.78 is 6.68. The van der Waals surface area contributed by atoms with Crippen molar-refractivity contribution in [3.05, 3.63) is 0 Å². The molecular weight excluding hydrogens is 172 g/mol. The molecule has 1 fully saturated rings. The number of nitrogens with two attached hydrogens (primary N) is 1. The fraction of sp³-hybridized carbons (Fsp3) is 0.625. The van der Waals surface area contributed by atoms with Crippen molar-refractivity contribution in [1.29, 1.82) is 0 Å². The zero-order valence-electron chi connectivity index (χ0n) is 8.29. The predicted octanol–water partition coefficient (Wildman–Crippen LogP) is -1.19. The van der Waals surface area contributed by atoms with Crippen molar-refractivity contribution in [2.75, 3.05) is 7.05 Å². The van der Waals surface area contributed by atoms with E-state index in [1.807, 2.05) is 0 Å². The number of carbonyl (C=O) groups is 3. The molecule has 1 aliphatic carbocycles. The third kappa shape index (κ3) is 1.85. The van der Waals surface area contributed by atoms with Crippen LogP contribution in [-0.4, -0.2) is 24.6 Å². The fourth-order valence-electron chi connectivity index (χ4n) is 1.59. The minimum atomic E-state index is -0.681. The second-order valence-corrected chi connectivity index (χ2v) is 3.14. The van der Waals surface area contributed by atoms with E-state index in [0.29, 0.717) is 0 Å². The average Bonchev–Trinajstić information content (AvgIpc) is 2.58. The third-order valence-electron chi connectivity index (χ3n) is 2.30. The van der Waals surface area contributed by atoms with Gasteiger partial charge in [0.05, 0.1) is 11.8 Å². The van der Waals surface area contributed by atoms with Crippen LogP contribution < -0.4 is 11.0 Å². The van der Waals surface area contributed by atoms with Crippen LogP contribution in [0.1, 0.15) is 12.8 Å². The first-order valence-corrected chi connectivity index (χ1v) is 4.05. The van der Waals surface area contributed by atoms with E-state index in [-0.39, 0.29) is 24.5 Å². The average molecular weight is 185 g/mol. The molecule has 5 heteroatoms. The van der Waals surface area contributed by atoms with Crippen LogP contribution in [0.3, 0.4) is 0 Å². The van der Waals surface area contributed by atoms with Crippen molar-refractivity contribution < 1.29 is 15.8 Å². The van der Waals surface area contributed by atoms with Gasteiger partial charge >= 0.3 is 0 Å². The van der Waals surface area contributed by atoms with Crippen molar-refractivity contribution >= 4 is 17.6 Å². The molecule has 0 spiro atoms. The third-order valence-corrected chi connectivity index (χ3v) is 2.30. The van der Waals surface area contributed by atoms with Crippen LogP contribution in [0.2, 0.25) is 1.41 Å². The number of amides is 2. The number of ketones is 1. The number of rotatable bonds is 2. The summed E-state index contributed by atoms with van der Waals surface area (Å²) in [6.07, 6.45) is 0.153. The summed E-state index contributed by atoms with van der Waals surface area (Å²) in [5.74, 6) is -2.28. The lowest BCUT2D eigenvalue weighted by molar-refractivity contribution is -0.131. The molecule has 0 heterocycles. The fourth-order valence-corrected chi connectivity index (χ4v) is 1.59. The molecule has 3 N–H and O–H groups in total. The van der Waals surface area contributed by atoms with E-state index in [1.165, 1.54) is 7.05 Å². The highest BCUT2D eigenvalue weighted by atomic mass is 16.2. The van der Waals surface area contributed by atoms with Gasteiger partial charge < -0.3 is 11.0 Å². The van der Waals surface area contributed by atoms with Crippen molar-refractivity contribution in [3.63, 3.8) is 0 Å². The first-order valence-electron chi connectivity index (χ1n) is 4.55. The normalized spacial score (nSPS) is 28.1. The molecule has 0 radical (unpaired) electrons. The first-order chi connectivity index (χ1) is 6.60. The van der Waals surface area contributed by atoms with Gasteiger partial charge in [0.1, 0.15) is 5.78 Å². The van der Waals surface area contributed by atoms with Crippen molar-refractivity contribution in [1.82, 2.24) is 5.32 Å². The van der Waals surface area contributed by atoms with Gasteiger partial charge in [-0.1, -0.05) is 0 Å². The lowest BCUT2D eigenvalue weighted by Crippen LogP contribution is -2.35. The van der Waals surface area contributed by atoms with Gasteiger partial charge in [-0.05, 0) is 0 Å². The molecule has 72 valence electrons. The van der Waals surface area contributed by atoms with Crippen LogP contribution >= 0.6 is 0 Å². The molecule has 0 aromatic rings. The molecule has 1 rings (SSSR count). The number of primary amides is 1. The molecule has 1 aliphatic rings. The quantitative estimate of drug-likeness (QED) is 0.567. The van der Waals surface area contributed by atoms with Crippen LogP contribution in [0, 0.1) is 11.8 Å². The number of nitrogens with one attached hydrogen (secondary N) is 1. The lowest BCUT2D eigenvalue weighted by Gasteiger charge is -2.12. The molecule has 1 saturated carbocycles.